The predicted octanol–water partition coefficient (Wildman–Crippen LogP) is 2.48. The van der Waals surface area contributed by atoms with Crippen LogP contribution < -0.4 is 5.32 Å². The van der Waals surface area contributed by atoms with Crippen molar-refractivity contribution in [1.29, 1.82) is 0 Å². The van der Waals surface area contributed by atoms with Gasteiger partial charge in [0.25, 0.3) is 0 Å². The van der Waals surface area contributed by atoms with Gasteiger partial charge in [-0.05, 0) is 38.0 Å². The summed E-state index contributed by atoms with van der Waals surface area (Å²) in [5.74, 6) is 1.29. The number of hydrogen-bond donors (Lipinski definition) is 2. The molecule has 1 amide bonds. The maximum atomic E-state index is 11.8. The number of amides is 1. The molecule has 0 bridgehead atoms. The van der Waals surface area contributed by atoms with Crippen molar-refractivity contribution in [3.63, 3.8) is 0 Å². The van der Waals surface area contributed by atoms with Gasteiger partial charge in [-0.3, -0.25) is 4.79 Å². The molecule has 17 heavy (non-hydrogen) atoms. The molecule has 100 valence electrons. The summed E-state index contributed by atoms with van der Waals surface area (Å²) in [6, 6.07) is 0. The molecule has 1 fully saturated rings. The first-order valence-electron chi connectivity index (χ1n) is 7.16. The highest BCUT2D eigenvalue weighted by Crippen LogP contribution is 2.31. The van der Waals surface area contributed by atoms with Crippen molar-refractivity contribution >= 4 is 5.91 Å². The van der Waals surface area contributed by atoms with Gasteiger partial charge in [-0.25, -0.2) is 0 Å². The lowest BCUT2D eigenvalue weighted by Gasteiger charge is -2.27. The highest BCUT2D eigenvalue weighted by atomic mass is 16.3. The zero-order valence-electron chi connectivity index (χ0n) is 11.1. The summed E-state index contributed by atoms with van der Waals surface area (Å²) in [6.07, 6.45) is 9.17. The van der Waals surface area contributed by atoms with E-state index in [-0.39, 0.29) is 18.4 Å². The molecule has 0 unspecified atom stereocenters. The van der Waals surface area contributed by atoms with Crippen LogP contribution in [0.5, 0.6) is 0 Å². The number of carbonyl (C=O) groups excluding carboxylic acids is 1. The minimum Gasteiger partial charge on any atom is -0.396 e. The van der Waals surface area contributed by atoms with E-state index in [2.05, 4.69) is 12.2 Å². The summed E-state index contributed by atoms with van der Waals surface area (Å²) >= 11 is 0. The van der Waals surface area contributed by atoms with Crippen LogP contribution in [0, 0.1) is 11.8 Å². The topological polar surface area (TPSA) is 49.3 Å². The zero-order valence-corrected chi connectivity index (χ0v) is 11.1. The molecule has 0 heterocycles. The Labute approximate surface area is 105 Å². The van der Waals surface area contributed by atoms with Gasteiger partial charge in [0, 0.05) is 19.1 Å². The number of nitrogens with one attached hydrogen (secondary N) is 1. The standard InChI is InChI=1S/C14H27NO2/c1-2-3-5-12-6-8-13(9-7-12)14(17)15-10-4-11-16/h12-13,16H,2-11H2,1H3,(H,15,17). The van der Waals surface area contributed by atoms with E-state index in [1.807, 2.05) is 0 Å². The van der Waals surface area contributed by atoms with E-state index in [1.165, 1.54) is 32.1 Å². The second-order valence-corrected chi connectivity index (χ2v) is 5.23. The molecule has 3 heteroatoms. The highest BCUT2D eigenvalue weighted by Gasteiger charge is 2.25. The first-order valence-corrected chi connectivity index (χ1v) is 7.16. The predicted molar refractivity (Wildman–Crippen MR) is 69.7 cm³/mol. The third kappa shape index (κ3) is 5.53. The second-order valence-electron chi connectivity index (χ2n) is 5.23. The minimum atomic E-state index is 0.157. The first-order chi connectivity index (χ1) is 8.27. The Kier molecular flexibility index (Phi) is 7.25. The average molecular weight is 241 g/mol. The van der Waals surface area contributed by atoms with Crippen LogP contribution in [0.1, 0.15) is 58.3 Å². The quantitative estimate of drug-likeness (QED) is 0.673. The molecular formula is C14H27NO2. The Balaban J connectivity index is 2.15. The Morgan fingerprint density at radius 1 is 1.24 bits per heavy atom. The molecule has 1 aliphatic rings. The van der Waals surface area contributed by atoms with Gasteiger partial charge in [0.15, 0.2) is 0 Å². The number of rotatable bonds is 7. The number of hydrogen-bond acceptors (Lipinski definition) is 2. The van der Waals surface area contributed by atoms with Gasteiger partial charge in [0.1, 0.15) is 0 Å². The van der Waals surface area contributed by atoms with Gasteiger partial charge in [-0.1, -0.05) is 26.2 Å². The molecule has 3 nitrogen and oxygen atoms in total. The molecular weight excluding hydrogens is 214 g/mol. The van der Waals surface area contributed by atoms with Gasteiger partial charge in [-0.2, -0.15) is 0 Å². The fourth-order valence-corrected chi connectivity index (χ4v) is 2.64. The van der Waals surface area contributed by atoms with E-state index in [1.54, 1.807) is 0 Å². The molecule has 0 aromatic carbocycles. The van der Waals surface area contributed by atoms with Crippen molar-refractivity contribution in [2.24, 2.45) is 11.8 Å². The first kappa shape index (κ1) is 14.5. The molecule has 1 aliphatic carbocycles. The maximum Gasteiger partial charge on any atom is 0.223 e. The van der Waals surface area contributed by atoms with Crippen molar-refractivity contribution in [3.8, 4) is 0 Å². The summed E-state index contributed by atoms with van der Waals surface area (Å²) in [6.45, 7) is 3.01. The third-order valence-corrected chi connectivity index (χ3v) is 3.82. The van der Waals surface area contributed by atoms with Crippen LogP contribution in [0.3, 0.4) is 0 Å². The van der Waals surface area contributed by atoms with E-state index in [9.17, 15) is 4.79 Å². The second kappa shape index (κ2) is 8.51. The largest absolute Gasteiger partial charge is 0.396 e. The van der Waals surface area contributed by atoms with Crippen LogP contribution in [0.4, 0.5) is 0 Å². The lowest BCUT2D eigenvalue weighted by Crippen LogP contribution is -2.34. The molecule has 2 N–H and O–H groups in total. The molecule has 0 saturated heterocycles. The van der Waals surface area contributed by atoms with Gasteiger partial charge >= 0.3 is 0 Å². The number of aliphatic hydroxyl groups excluding tert-OH is 1. The Morgan fingerprint density at radius 2 is 1.94 bits per heavy atom. The van der Waals surface area contributed by atoms with Crippen molar-refractivity contribution < 1.29 is 9.90 Å². The van der Waals surface area contributed by atoms with Gasteiger partial charge < -0.3 is 10.4 Å². The van der Waals surface area contributed by atoms with Gasteiger partial charge in [0.2, 0.25) is 5.91 Å². The van der Waals surface area contributed by atoms with E-state index in [0.717, 1.165) is 18.8 Å². The van der Waals surface area contributed by atoms with Crippen LogP contribution in [0.2, 0.25) is 0 Å². The van der Waals surface area contributed by atoms with Crippen molar-refractivity contribution in [3.05, 3.63) is 0 Å². The van der Waals surface area contributed by atoms with Crippen molar-refractivity contribution in [2.75, 3.05) is 13.2 Å². The van der Waals surface area contributed by atoms with Crippen LogP contribution in [-0.2, 0) is 4.79 Å². The van der Waals surface area contributed by atoms with Crippen molar-refractivity contribution in [2.45, 2.75) is 58.3 Å². The maximum absolute atomic E-state index is 11.8. The SMILES string of the molecule is CCCCC1CCC(C(=O)NCCCO)CC1. The summed E-state index contributed by atoms with van der Waals surface area (Å²) in [5.41, 5.74) is 0. The summed E-state index contributed by atoms with van der Waals surface area (Å²) in [4.78, 5) is 11.8. The third-order valence-electron chi connectivity index (χ3n) is 3.82. The zero-order chi connectivity index (χ0) is 12.5. The summed E-state index contributed by atoms with van der Waals surface area (Å²) in [5, 5.41) is 11.6. The van der Waals surface area contributed by atoms with E-state index >= 15 is 0 Å². The Bertz CT molecular complexity index is 210. The lowest BCUT2D eigenvalue weighted by molar-refractivity contribution is -0.126. The molecule has 1 saturated carbocycles. The Morgan fingerprint density at radius 3 is 2.53 bits per heavy atom. The molecule has 0 radical (unpaired) electrons. The molecule has 0 atom stereocenters. The van der Waals surface area contributed by atoms with Crippen LogP contribution in [-0.4, -0.2) is 24.2 Å². The van der Waals surface area contributed by atoms with Gasteiger partial charge in [0.05, 0.1) is 0 Å². The summed E-state index contributed by atoms with van der Waals surface area (Å²) < 4.78 is 0. The van der Waals surface area contributed by atoms with E-state index in [4.69, 9.17) is 5.11 Å². The molecule has 0 aliphatic heterocycles. The lowest BCUT2D eigenvalue weighted by atomic mass is 9.79. The molecule has 0 spiro atoms. The van der Waals surface area contributed by atoms with E-state index < -0.39 is 0 Å². The number of unbranched alkanes of at least 4 members (excludes halogenated alkanes) is 1. The molecule has 0 aromatic rings. The molecule has 1 rings (SSSR count). The van der Waals surface area contributed by atoms with Crippen LogP contribution in [0.15, 0.2) is 0 Å². The van der Waals surface area contributed by atoms with Crippen LogP contribution in [0.25, 0.3) is 0 Å². The highest BCUT2D eigenvalue weighted by molar-refractivity contribution is 5.78. The monoisotopic (exact) mass is 241 g/mol. The Hall–Kier alpha value is -0.570. The minimum absolute atomic E-state index is 0.157. The summed E-state index contributed by atoms with van der Waals surface area (Å²) in [7, 11) is 0. The fourth-order valence-electron chi connectivity index (χ4n) is 2.64. The normalized spacial score (nSPS) is 24.6. The average Bonchev–Trinajstić information content (AvgIpc) is 2.37. The van der Waals surface area contributed by atoms with Gasteiger partial charge in [-0.15, -0.1) is 0 Å². The van der Waals surface area contributed by atoms with E-state index in [0.29, 0.717) is 13.0 Å². The molecule has 0 aromatic heterocycles. The number of aliphatic hydroxyl groups is 1. The van der Waals surface area contributed by atoms with Crippen molar-refractivity contribution in [1.82, 2.24) is 5.32 Å². The smallest absolute Gasteiger partial charge is 0.223 e. The van der Waals surface area contributed by atoms with Crippen LogP contribution >= 0.6 is 0 Å². The fraction of sp³-hybridized carbons (Fsp3) is 0.929. The number of carbonyl (C=O) groups is 1.